The molecule has 4 N–H and O–H groups in total. The molecule has 0 spiro atoms. The van der Waals surface area contributed by atoms with Gasteiger partial charge in [0.25, 0.3) is 0 Å². The lowest BCUT2D eigenvalue weighted by molar-refractivity contribution is 0.560. The average Bonchev–Trinajstić information content (AvgIpc) is 2.21. The summed E-state index contributed by atoms with van der Waals surface area (Å²) >= 11 is 0. The summed E-state index contributed by atoms with van der Waals surface area (Å²) in [6, 6.07) is 0. The second-order valence-electron chi connectivity index (χ2n) is 3.72. The molecule has 3 heteroatoms. The maximum Gasteiger partial charge on any atom is 0.0429 e. The Balaban J connectivity index is 2.78. The summed E-state index contributed by atoms with van der Waals surface area (Å²) < 4.78 is 0. The molecule has 3 nitrogen and oxygen atoms in total. The van der Waals surface area contributed by atoms with Crippen LogP contribution in [0.3, 0.4) is 0 Å². The third-order valence-electron chi connectivity index (χ3n) is 2.33. The molecule has 0 unspecified atom stereocenters. The van der Waals surface area contributed by atoms with Crippen molar-refractivity contribution in [3.8, 4) is 0 Å². The van der Waals surface area contributed by atoms with Gasteiger partial charge in [-0.05, 0) is 13.0 Å². The van der Waals surface area contributed by atoms with Crippen molar-refractivity contribution in [3.05, 3.63) is 0 Å². The minimum atomic E-state index is 0.582. The van der Waals surface area contributed by atoms with Crippen LogP contribution in [0.1, 0.15) is 45.4 Å². The smallest absolute Gasteiger partial charge is 0.0429 e. The average molecular weight is 201 g/mol. The first-order valence-corrected chi connectivity index (χ1v) is 6.03. The minimum absolute atomic E-state index is 0.582. The third-order valence-corrected chi connectivity index (χ3v) is 2.33. The van der Waals surface area contributed by atoms with Crippen LogP contribution in [0.25, 0.3) is 0 Å². The fourth-order valence-corrected chi connectivity index (χ4v) is 1.43. The van der Waals surface area contributed by atoms with Crippen molar-refractivity contribution in [2.45, 2.75) is 45.4 Å². The SMILES string of the molecule is CCCCCCCCNCCNCN. The fourth-order valence-electron chi connectivity index (χ4n) is 1.43. The molecule has 86 valence electrons. The molecule has 0 fully saturated rings. The molecule has 0 aliphatic carbocycles. The van der Waals surface area contributed by atoms with Crippen LogP contribution in [-0.4, -0.2) is 26.3 Å². The van der Waals surface area contributed by atoms with Crippen LogP contribution in [0.5, 0.6) is 0 Å². The molecule has 0 rings (SSSR count). The van der Waals surface area contributed by atoms with Gasteiger partial charge in [0.05, 0.1) is 0 Å². The van der Waals surface area contributed by atoms with E-state index in [0.29, 0.717) is 6.67 Å². The van der Waals surface area contributed by atoms with Gasteiger partial charge in [-0.15, -0.1) is 0 Å². The Morgan fingerprint density at radius 1 is 0.786 bits per heavy atom. The quantitative estimate of drug-likeness (QED) is 0.350. The van der Waals surface area contributed by atoms with Crippen LogP contribution in [-0.2, 0) is 0 Å². The Kier molecular flexibility index (Phi) is 12.8. The van der Waals surface area contributed by atoms with E-state index in [9.17, 15) is 0 Å². The molecule has 0 aromatic rings. The van der Waals surface area contributed by atoms with Crippen LogP contribution >= 0.6 is 0 Å². The Bertz CT molecular complexity index is 84.5. The maximum absolute atomic E-state index is 5.30. The topological polar surface area (TPSA) is 50.1 Å². The highest BCUT2D eigenvalue weighted by molar-refractivity contribution is 4.51. The van der Waals surface area contributed by atoms with Crippen LogP contribution in [0.2, 0.25) is 0 Å². The first-order valence-electron chi connectivity index (χ1n) is 6.03. The van der Waals surface area contributed by atoms with E-state index in [1.807, 2.05) is 0 Å². The Labute approximate surface area is 88.8 Å². The maximum atomic E-state index is 5.30. The summed E-state index contributed by atoms with van der Waals surface area (Å²) in [4.78, 5) is 0. The van der Waals surface area contributed by atoms with Crippen LogP contribution in [0, 0.1) is 0 Å². The number of hydrogen-bond acceptors (Lipinski definition) is 3. The highest BCUT2D eigenvalue weighted by Gasteiger charge is 1.90. The van der Waals surface area contributed by atoms with Gasteiger partial charge in [0.15, 0.2) is 0 Å². The predicted octanol–water partition coefficient (Wildman–Crippen LogP) is 1.44. The van der Waals surface area contributed by atoms with Crippen molar-refractivity contribution in [2.24, 2.45) is 5.73 Å². The van der Waals surface area contributed by atoms with Crippen LogP contribution in [0.4, 0.5) is 0 Å². The number of unbranched alkanes of at least 4 members (excludes halogenated alkanes) is 5. The highest BCUT2D eigenvalue weighted by Crippen LogP contribution is 2.03. The highest BCUT2D eigenvalue weighted by atomic mass is 15.0. The van der Waals surface area contributed by atoms with Gasteiger partial charge in [0.2, 0.25) is 0 Å². The van der Waals surface area contributed by atoms with E-state index in [-0.39, 0.29) is 0 Å². The summed E-state index contributed by atoms with van der Waals surface area (Å²) in [5.74, 6) is 0. The Morgan fingerprint density at radius 2 is 1.43 bits per heavy atom. The van der Waals surface area contributed by atoms with Gasteiger partial charge >= 0.3 is 0 Å². The Morgan fingerprint density at radius 3 is 2.14 bits per heavy atom. The summed E-state index contributed by atoms with van der Waals surface area (Å²) in [6.45, 7) is 6.00. The number of rotatable bonds is 11. The molecule has 0 saturated carbocycles. The fraction of sp³-hybridized carbons (Fsp3) is 1.00. The number of hydrogen-bond donors (Lipinski definition) is 3. The molecule has 0 radical (unpaired) electrons. The Hall–Kier alpha value is -0.120. The second-order valence-corrected chi connectivity index (χ2v) is 3.72. The first-order chi connectivity index (χ1) is 6.91. The van der Waals surface area contributed by atoms with Crippen molar-refractivity contribution >= 4 is 0 Å². The largest absolute Gasteiger partial charge is 0.318 e. The van der Waals surface area contributed by atoms with Crippen molar-refractivity contribution in [2.75, 3.05) is 26.3 Å². The van der Waals surface area contributed by atoms with E-state index in [1.54, 1.807) is 0 Å². The molecule has 0 aromatic heterocycles. The second kappa shape index (κ2) is 12.9. The number of nitrogens with two attached hydrogens (primary N) is 1. The van der Waals surface area contributed by atoms with Crippen molar-refractivity contribution in [1.29, 1.82) is 0 Å². The summed E-state index contributed by atoms with van der Waals surface area (Å²) in [5, 5.41) is 6.48. The monoisotopic (exact) mass is 201 g/mol. The molecule has 0 bridgehead atoms. The standard InChI is InChI=1S/C11H27N3/c1-2-3-4-5-6-7-8-13-9-10-14-11-12/h13-14H,2-12H2,1H3. The lowest BCUT2D eigenvalue weighted by Crippen LogP contribution is -2.31. The van der Waals surface area contributed by atoms with Gasteiger partial charge in [-0.2, -0.15) is 0 Å². The van der Waals surface area contributed by atoms with Crippen LogP contribution < -0.4 is 16.4 Å². The normalized spacial score (nSPS) is 10.7. The number of nitrogens with one attached hydrogen (secondary N) is 2. The molecule has 0 saturated heterocycles. The van der Waals surface area contributed by atoms with Gasteiger partial charge in [0, 0.05) is 19.8 Å². The van der Waals surface area contributed by atoms with Gasteiger partial charge < -0.3 is 16.4 Å². The molecule has 0 aliphatic heterocycles. The molecule has 0 aromatic carbocycles. The summed E-state index contributed by atoms with van der Waals surface area (Å²) in [6.07, 6.45) is 8.22. The van der Waals surface area contributed by atoms with Crippen LogP contribution in [0.15, 0.2) is 0 Å². The van der Waals surface area contributed by atoms with Gasteiger partial charge in [-0.25, -0.2) is 0 Å². The van der Waals surface area contributed by atoms with Gasteiger partial charge in [-0.1, -0.05) is 39.0 Å². The zero-order valence-electron chi connectivity index (χ0n) is 9.65. The molecule has 0 heterocycles. The van der Waals surface area contributed by atoms with Crippen molar-refractivity contribution in [3.63, 3.8) is 0 Å². The molecule has 14 heavy (non-hydrogen) atoms. The zero-order valence-corrected chi connectivity index (χ0v) is 9.65. The van der Waals surface area contributed by atoms with E-state index >= 15 is 0 Å². The molecule has 0 aliphatic rings. The van der Waals surface area contributed by atoms with Crippen molar-refractivity contribution in [1.82, 2.24) is 10.6 Å². The van der Waals surface area contributed by atoms with Gasteiger partial charge in [0.1, 0.15) is 0 Å². The molecular weight excluding hydrogens is 174 g/mol. The zero-order chi connectivity index (χ0) is 10.5. The van der Waals surface area contributed by atoms with E-state index in [4.69, 9.17) is 5.73 Å². The lowest BCUT2D eigenvalue weighted by atomic mass is 10.1. The molecular formula is C11H27N3. The van der Waals surface area contributed by atoms with E-state index in [1.165, 1.54) is 38.5 Å². The van der Waals surface area contributed by atoms with E-state index in [0.717, 1.165) is 19.6 Å². The summed E-state index contributed by atoms with van der Waals surface area (Å²) in [7, 11) is 0. The van der Waals surface area contributed by atoms with Crippen molar-refractivity contribution < 1.29 is 0 Å². The summed E-state index contributed by atoms with van der Waals surface area (Å²) in [5.41, 5.74) is 5.30. The minimum Gasteiger partial charge on any atom is -0.318 e. The molecule has 0 amide bonds. The first kappa shape index (κ1) is 13.9. The van der Waals surface area contributed by atoms with E-state index in [2.05, 4.69) is 17.6 Å². The molecule has 0 atom stereocenters. The lowest BCUT2D eigenvalue weighted by Gasteiger charge is -2.04. The predicted molar refractivity (Wildman–Crippen MR) is 63.3 cm³/mol. The van der Waals surface area contributed by atoms with Gasteiger partial charge in [-0.3, -0.25) is 0 Å². The van der Waals surface area contributed by atoms with E-state index < -0.39 is 0 Å². The third kappa shape index (κ3) is 11.9.